The highest BCUT2D eigenvalue weighted by Crippen LogP contribution is 2.57. The Labute approximate surface area is 210 Å². The summed E-state index contributed by atoms with van der Waals surface area (Å²) in [6.45, 7) is 4.22. The van der Waals surface area contributed by atoms with Gasteiger partial charge in [-0.05, 0) is 42.2 Å². The molecule has 0 saturated carbocycles. The topological polar surface area (TPSA) is 79.1 Å². The first-order valence-corrected chi connectivity index (χ1v) is 12.5. The number of rotatable bonds is 2. The molecule has 0 radical (unpaired) electrons. The Morgan fingerprint density at radius 1 is 1.11 bits per heavy atom. The minimum absolute atomic E-state index is 0.0161. The molecule has 1 aromatic heterocycles. The van der Waals surface area contributed by atoms with Crippen LogP contribution in [0.25, 0.3) is 0 Å². The highest BCUT2D eigenvalue weighted by molar-refractivity contribution is 6.11. The number of carbonyl (C=O) groups is 2. The third-order valence-electron chi connectivity index (χ3n) is 7.76. The summed E-state index contributed by atoms with van der Waals surface area (Å²) < 4.78 is 11.5. The molecule has 2 amide bonds. The molecule has 8 nitrogen and oxygen atoms in total. The number of likely N-dealkylation sites (N-methyl/N-ethyl adjacent to an activating group) is 1. The van der Waals surface area contributed by atoms with E-state index >= 15 is 0 Å². The van der Waals surface area contributed by atoms with Crippen molar-refractivity contribution in [2.45, 2.75) is 37.8 Å². The predicted octanol–water partition coefficient (Wildman–Crippen LogP) is 3.46. The lowest BCUT2D eigenvalue weighted by Gasteiger charge is -2.35. The highest BCUT2D eigenvalue weighted by Gasteiger charge is 2.60. The van der Waals surface area contributed by atoms with Crippen molar-refractivity contribution in [1.29, 1.82) is 0 Å². The summed E-state index contributed by atoms with van der Waals surface area (Å²) in [6, 6.07) is 15.8. The normalized spacial score (nSPS) is 24.3. The second kappa shape index (κ2) is 8.78. The molecule has 36 heavy (non-hydrogen) atoms. The first kappa shape index (κ1) is 22.8. The van der Waals surface area contributed by atoms with Gasteiger partial charge in [-0.25, -0.2) is 4.98 Å². The van der Waals surface area contributed by atoms with E-state index in [-0.39, 0.29) is 24.4 Å². The van der Waals surface area contributed by atoms with Crippen LogP contribution in [0.2, 0.25) is 0 Å². The molecule has 3 aromatic rings. The van der Waals surface area contributed by atoms with Crippen molar-refractivity contribution >= 4 is 17.5 Å². The van der Waals surface area contributed by atoms with E-state index in [0.29, 0.717) is 45.0 Å². The van der Waals surface area contributed by atoms with Gasteiger partial charge in [0.1, 0.15) is 18.6 Å². The summed E-state index contributed by atoms with van der Waals surface area (Å²) in [7, 11) is 1.79. The van der Waals surface area contributed by atoms with Crippen molar-refractivity contribution < 1.29 is 18.7 Å². The molecule has 0 aliphatic carbocycles. The van der Waals surface area contributed by atoms with Crippen LogP contribution in [0.1, 0.15) is 41.6 Å². The molecule has 1 fully saturated rings. The lowest BCUT2D eigenvalue weighted by molar-refractivity contribution is -0.131. The standard InChI is InChI=1S/C28H30N4O4/c1-19-29-21(18-36-19)16-31-13-11-28-23-9-3-4-10-24(23)32(27(28)34)17-25(33)30(2)12-6-14-35-22-8-5-7-20(15-22)26(28)31/h3-5,7-10,15,18,26H,6,11-14,16-17H2,1-2H3/t26-,28+/m0/s1. The molecule has 3 aliphatic heterocycles. The van der Waals surface area contributed by atoms with Crippen LogP contribution in [0.5, 0.6) is 5.75 Å². The van der Waals surface area contributed by atoms with Gasteiger partial charge in [0.2, 0.25) is 11.8 Å². The first-order chi connectivity index (χ1) is 17.5. The van der Waals surface area contributed by atoms with Gasteiger partial charge in [-0.3, -0.25) is 14.5 Å². The monoisotopic (exact) mass is 486 g/mol. The smallest absolute Gasteiger partial charge is 0.242 e. The molecule has 2 aromatic carbocycles. The molecule has 4 bridgehead atoms. The van der Waals surface area contributed by atoms with Crippen molar-refractivity contribution in [2.75, 3.05) is 38.2 Å². The fourth-order valence-electron chi connectivity index (χ4n) is 6.11. The maximum Gasteiger partial charge on any atom is 0.242 e. The number of likely N-dealkylation sites (tertiary alicyclic amines) is 1. The third kappa shape index (κ3) is 3.59. The zero-order valence-corrected chi connectivity index (χ0v) is 20.6. The van der Waals surface area contributed by atoms with Crippen LogP contribution in [0.15, 0.2) is 59.2 Å². The van der Waals surface area contributed by atoms with E-state index in [0.717, 1.165) is 28.3 Å². The Bertz CT molecular complexity index is 1320. The quantitative estimate of drug-likeness (QED) is 0.552. The number of aryl methyl sites for hydroxylation is 1. The number of benzene rings is 2. The lowest BCUT2D eigenvalue weighted by atomic mass is 9.72. The Hall–Kier alpha value is -3.65. The molecule has 1 spiro atoms. The summed E-state index contributed by atoms with van der Waals surface area (Å²) >= 11 is 0. The number of ether oxygens (including phenoxy) is 1. The van der Waals surface area contributed by atoms with Gasteiger partial charge >= 0.3 is 0 Å². The molecular weight excluding hydrogens is 456 g/mol. The SMILES string of the molecule is Cc1nc(CN2CC[C@]34C(=O)N(CC(=O)N(C)CCCOc5cccc(c5)[C@H]23)c2ccccc24)co1. The Morgan fingerprint density at radius 2 is 1.97 bits per heavy atom. The van der Waals surface area contributed by atoms with Crippen molar-refractivity contribution in [3.05, 3.63) is 77.5 Å². The molecule has 6 rings (SSSR count). The molecule has 8 heteroatoms. The maximum absolute atomic E-state index is 14.5. The summed E-state index contributed by atoms with van der Waals surface area (Å²) in [6.07, 6.45) is 3.05. The fraction of sp³-hybridized carbons (Fsp3) is 0.393. The number of aromatic nitrogens is 1. The molecule has 2 atom stereocenters. The van der Waals surface area contributed by atoms with E-state index in [1.54, 1.807) is 23.1 Å². The molecule has 3 aliphatic rings. The van der Waals surface area contributed by atoms with Crippen LogP contribution >= 0.6 is 0 Å². The number of oxazole rings is 1. The van der Waals surface area contributed by atoms with Crippen molar-refractivity contribution in [2.24, 2.45) is 0 Å². The van der Waals surface area contributed by atoms with E-state index in [1.807, 2.05) is 37.3 Å². The summed E-state index contributed by atoms with van der Waals surface area (Å²) in [5, 5.41) is 0. The average Bonchev–Trinajstić information content (AvgIpc) is 3.53. The van der Waals surface area contributed by atoms with Gasteiger partial charge in [-0.1, -0.05) is 30.3 Å². The Balaban J connectivity index is 1.52. The van der Waals surface area contributed by atoms with E-state index in [4.69, 9.17) is 9.15 Å². The van der Waals surface area contributed by atoms with Crippen LogP contribution in [0.4, 0.5) is 5.69 Å². The average molecular weight is 487 g/mol. The Morgan fingerprint density at radius 3 is 2.81 bits per heavy atom. The van der Waals surface area contributed by atoms with Crippen LogP contribution in [0.3, 0.4) is 0 Å². The van der Waals surface area contributed by atoms with Crippen LogP contribution < -0.4 is 9.64 Å². The van der Waals surface area contributed by atoms with Gasteiger partial charge in [0.25, 0.3) is 0 Å². The fourth-order valence-corrected chi connectivity index (χ4v) is 6.11. The van der Waals surface area contributed by atoms with E-state index in [1.165, 1.54) is 0 Å². The molecular formula is C28H30N4O4. The van der Waals surface area contributed by atoms with Crippen LogP contribution in [-0.4, -0.2) is 59.9 Å². The number of hydrogen-bond acceptors (Lipinski definition) is 6. The van der Waals surface area contributed by atoms with Crippen molar-refractivity contribution in [1.82, 2.24) is 14.8 Å². The van der Waals surface area contributed by atoms with Gasteiger partial charge in [-0.15, -0.1) is 0 Å². The number of amides is 2. The van der Waals surface area contributed by atoms with Crippen molar-refractivity contribution in [3.8, 4) is 5.75 Å². The lowest BCUT2D eigenvalue weighted by Crippen LogP contribution is -2.47. The maximum atomic E-state index is 14.5. The van der Waals surface area contributed by atoms with Crippen LogP contribution in [0, 0.1) is 6.92 Å². The Kier molecular flexibility index (Phi) is 5.56. The molecule has 1 saturated heterocycles. The number of nitrogens with zero attached hydrogens (tertiary/aromatic N) is 4. The second-order valence-corrected chi connectivity index (χ2v) is 9.95. The largest absolute Gasteiger partial charge is 0.494 e. The number of carbonyl (C=O) groups excluding carboxylic acids is 2. The minimum atomic E-state index is -0.809. The molecule has 186 valence electrons. The molecule has 0 unspecified atom stereocenters. The number of para-hydroxylation sites is 1. The summed E-state index contributed by atoms with van der Waals surface area (Å²) in [5.74, 6) is 1.30. The second-order valence-electron chi connectivity index (χ2n) is 9.95. The van der Waals surface area contributed by atoms with E-state index in [2.05, 4.69) is 28.1 Å². The van der Waals surface area contributed by atoms with Crippen LogP contribution in [-0.2, 0) is 21.5 Å². The number of hydrogen-bond donors (Lipinski definition) is 0. The van der Waals surface area contributed by atoms with Gasteiger partial charge in [0, 0.05) is 39.3 Å². The minimum Gasteiger partial charge on any atom is -0.494 e. The first-order valence-electron chi connectivity index (χ1n) is 12.5. The zero-order chi connectivity index (χ0) is 24.9. The molecule has 0 N–H and O–H groups in total. The van der Waals surface area contributed by atoms with Gasteiger partial charge in [-0.2, -0.15) is 0 Å². The van der Waals surface area contributed by atoms with Gasteiger partial charge in [0.15, 0.2) is 5.89 Å². The highest BCUT2D eigenvalue weighted by atomic mass is 16.5. The van der Waals surface area contributed by atoms with Crippen molar-refractivity contribution in [3.63, 3.8) is 0 Å². The zero-order valence-electron chi connectivity index (χ0n) is 20.6. The summed E-state index contributed by atoms with van der Waals surface area (Å²) in [4.78, 5) is 37.8. The van der Waals surface area contributed by atoms with E-state index < -0.39 is 5.41 Å². The predicted molar refractivity (Wildman–Crippen MR) is 134 cm³/mol. The molecule has 4 heterocycles. The van der Waals surface area contributed by atoms with Gasteiger partial charge < -0.3 is 19.0 Å². The van der Waals surface area contributed by atoms with Gasteiger partial charge in [0.05, 0.1) is 23.8 Å². The number of anilines is 1. The summed E-state index contributed by atoms with van der Waals surface area (Å²) in [5.41, 5.74) is 2.86. The number of fused-ring (bicyclic) bond motifs is 6. The third-order valence-corrected chi connectivity index (χ3v) is 7.76. The van der Waals surface area contributed by atoms with E-state index in [9.17, 15) is 9.59 Å².